The third-order valence-corrected chi connectivity index (χ3v) is 7.42. The summed E-state index contributed by atoms with van der Waals surface area (Å²) >= 11 is 0. The Morgan fingerprint density at radius 3 is 2.03 bits per heavy atom. The molecule has 0 fully saturated rings. The predicted octanol–water partition coefficient (Wildman–Crippen LogP) is 7.24. The molecule has 33 heavy (non-hydrogen) atoms. The number of hydrogen-bond acceptors (Lipinski definition) is 4. The van der Waals surface area contributed by atoms with Crippen LogP contribution in [0, 0.1) is 0 Å². The smallest absolute Gasteiger partial charge is 0.308 e. The van der Waals surface area contributed by atoms with E-state index in [1.807, 2.05) is 11.0 Å². The Morgan fingerprint density at radius 2 is 1.48 bits per heavy atom. The van der Waals surface area contributed by atoms with Gasteiger partial charge in [-0.05, 0) is 44.4 Å². The van der Waals surface area contributed by atoms with Gasteiger partial charge in [0, 0.05) is 19.0 Å². The lowest BCUT2D eigenvalue weighted by atomic mass is 10.0. The Bertz CT molecular complexity index is 763. The zero-order valence-electron chi connectivity index (χ0n) is 21.5. The van der Waals surface area contributed by atoms with Gasteiger partial charge < -0.3 is 9.08 Å². The first-order valence-electron chi connectivity index (χ1n) is 13.1. The Hall–Kier alpha value is -1.56. The number of hydrogen-bond donors (Lipinski definition) is 0. The topological polar surface area (TPSA) is 63.7 Å². The number of amides is 1. The first-order chi connectivity index (χ1) is 15.8. The van der Waals surface area contributed by atoms with Gasteiger partial charge in [-0.3, -0.25) is 4.79 Å². The van der Waals surface area contributed by atoms with E-state index in [1.54, 1.807) is 25.1 Å². The van der Waals surface area contributed by atoms with E-state index in [9.17, 15) is 13.2 Å². The maximum atomic E-state index is 13.0. The monoisotopic (exact) mass is 481 g/mol. The average Bonchev–Trinajstić information content (AvgIpc) is 2.80. The maximum absolute atomic E-state index is 13.0. The highest BCUT2D eigenvalue weighted by Crippen LogP contribution is 2.20. The Balaban J connectivity index is 2.44. The van der Waals surface area contributed by atoms with Crippen molar-refractivity contribution in [2.45, 2.75) is 124 Å². The molecule has 1 amide bonds. The molecule has 6 heteroatoms. The zero-order chi connectivity index (χ0) is 24.5. The van der Waals surface area contributed by atoms with Crippen molar-refractivity contribution in [1.29, 1.82) is 0 Å². The van der Waals surface area contributed by atoms with Crippen molar-refractivity contribution >= 4 is 16.0 Å². The van der Waals surface area contributed by atoms with Crippen molar-refractivity contribution in [3.05, 3.63) is 29.8 Å². The molecule has 1 rings (SSSR count). The zero-order valence-corrected chi connectivity index (χ0v) is 22.3. The van der Waals surface area contributed by atoms with Gasteiger partial charge in [0.05, 0.1) is 5.75 Å². The van der Waals surface area contributed by atoms with Gasteiger partial charge in [-0.1, -0.05) is 90.2 Å². The Morgan fingerprint density at radius 1 is 0.909 bits per heavy atom. The number of nitrogens with zero attached hydrogens (tertiary/aromatic N) is 1. The van der Waals surface area contributed by atoms with Crippen LogP contribution in [0.1, 0.15) is 117 Å². The van der Waals surface area contributed by atoms with Crippen LogP contribution in [0.4, 0.5) is 0 Å². The summed E-state index contributed by atoms with van der Waals surface area (Å²) in [6.07, 6.45) is 15.4. The van der Waals surface area contributed by atoms with Gasteiger partial charge in [-0.15, -0.1) is 0 Å². The summed E-state index contributed by atoms with van der Waals surface area (Å²) in [5, 5.41) is 0. The van der Waals surface area contributed by atoms with Crippen LogP contribution < -0.4 is 4.18 Å². The van der Waals surface area contributed by atoms with Crippen molar-refractivity contribution in [2.75, 3.05) is 5.75 Å². The number of carbonyl (C=O) groups is 1. The van der Waals surface area contributed by atoms with E-state index < -0.39 is 10.1 Å². The molecule has 5 nitrogen and oxygen atoms in total. The molecule has 0 aliphatic heterocycles. The van der Waals surface area contributed by atoms with Gasteiger partial charge in [0.1, 0.15) is 5.75 Å². The largest absolute Gasteiger partial charge is 0.382 e. The van der Waals surface area contributed by atoms with Crippen molar-refractivity contribution in [3.8, 4) is 5.75 Å². The van der Waals surface area contributed by atoms with E-state index in [4.69, 9.17) is 4.18 Å². The summed E-state index contributed by atoms with van der Waals surface area (Å²) in [4.78, 5) is 14.9. The van der Waals surface area contributed by atoms with Crippen molar-refractivity contribution in [2.24, 2.45) is 0 Å². The van der Waals surface area contributed by atoms with E-state index >= 15 is 0 Å². The quantitative estimate of drug-likeness (QED) is 0.154. The summed E-state index contributed by atoms with van der Waals surface area (Å²) in [6.45, 7) is 8.43. The molecule has 0 aliphatic carbocycles. The lowest BCUT2D eigenvalue weighted by Gasteiger charge is -2.29. The van der Waals surface area contributed by atoms with Gasteiger partial charge in [0.15, 0.2) is 0 Å². The molecule has 0 radical (unpaired) electrons. The first-order valence-corrected chi connectivity index (χ1v) is 14.7. The minimum atomic E-state index is -3.56. The molecule has 1 unspecified atom stereocenters. The van der Waals surface area contributed by atoms with Gasteiger partial charge in [-0.25, -0.2) is 0 Å². The normalized spacial score (nSPS) is 12.5. The molecule has 190 valence electrons. The molecule has 0 bridgehead atoms. The number of carbonyl (C=O) groups excluding carboxylic acids is 1. The van der Waals surface area contributed by atoms with Crippen LogP contribution in [0.15, 0.2) is 24.3 Å². The summed E-state index contributed by atoms with van der Waals surface area (Å²) in [7, 11) is -3.56. The average molecular weight is 482 g/mol. The highest BCUT2D eigenvalue weighted by molar-refractivity contribution is 7.87. The number of rotatable bonds is 19. The van der Waals surface area contributed by atoms with Crippen molar-refractivity contribution in [1.82, 2.24) is 4.90 Å². The summed E-state index contributed by atoms with van der Waals surface area (Å²) in [5.41, 5.74) is 0.881. The highest BCUT2D eigenvalue weighted by Gasteiger charge is 2.19. The van der Waals surface area contributed by atoms with Crippen LogP contribution >= 0.6 is 0 Å². The fourth-order valence-corrected chi connectivity index (χ4v) is 4.41. The molecule has 0 spiro atoms. The first kappa shape index (κ1) is 29.5. The molecule has 0 aromatic heterocycles. The molecule has 1 aromatic carbocycles. The van der Waals surface area contributed by atoms with E-state index in [2.05, 4.69) is 20.8 Å². The molecule has 0 saturated carbocycles. The highest BCUT2D eigenvalue weighted by atomic mass is 32.2. The predicted molar refractivity (Wildman–Crippen MR) is 138 cm³/mol. The van der Waals surface area contributed by atoms with E-state index in [1.165, 1.54) is 57.8 Å². The van der Waals surface area contributed by atoms with Crippen LogP contribution in [0.5, 0.6) is 5.75 Å². The van der Waals surface area contributed by atoms with Gasteiger partial charge in [-0.2, -0.15) is 8.42 Å². The number of benzene rings is 1. The van der Waals surface area contributed by atoms with Gasteiger partial charge >= 0.3 is 10.1 Å². The Labute approximate surface area is 203 Å². The van der Waals surface area contributed by atoms with Gasteiger partial charge in [0.25, 0.3) is 0 Å². The second-order valence-electron chi connectivity index (χ2n) is 9.14. The van der Waals surface area contributed by atoms with Crippen LogP contribution in [0.3, 0.4) is 0 Å². The van der Waals surface area contributed by atoms with Crippen LogP contribution in [0.2, 0.25) is 0 Å². The summed E-state index contributed by atoms with van der Waals surface area (Å²) < 4.78 is 28.7. The second kappa shape index (κ2) is 17.0. The maximum Gasteiger partial charge on any atom is 0.308 e. The SMILES string of the molecule is CCCCCCCCCCCCCC(=O)N(Cc1cccc(OS(=O)(=O)CC)c1)C(C)CC. The molecule has 0 saturated heterocycles. The fourth-order valence-electron chi connectivity index (χ4n) is 3.89. The van der Waals surface area contributed by atoms with E-state index in [-0.39, 0.29) is 17.7 Å². The molecular formula is C27H47NO4S. The molecular weight excluding hydrogens is 434 g/mol. The second-order valence-corrected chi connectivity index (χ2v) is 11.0. The lowest BCUT2D eigenvalue weighted by Crippen LogP contribution is -2.37. The van der Waals surface area contributed by atoms with Crippen LogP contribution in [0.25, 0.3) is 0 Å². The van der Waals surface area contributed by atoms with Crippen LogP contribution in [-0.4, -0.2) is 31.0 Å². The molecule has 0 N–H and O–H groups in total. The minimum absolute atomic E-state index is 0.0757. The standard InChI is InChI=1S/C27H47NO4S/c1-5-8-9-10-11-12-13-14-15-16-17-21-27(29)28(24(4)6-2)23-25-19-18-20-26(22-25)32-33(30,31)7-3/h18-20,22,24H,5-17,21,23H2,1-4H3. The van der Waals surface area contributed by atoms with Crippen molar-refractivity contribution < 1.29 is 17.4 Å². The van der Waals surface area contributed by atoms with Gasteiger partial charge in [0.2, 0.25) is 5.91 Å². The number of unbranched alkanes of at least 4 members (excludes halogenated alkanes) is 10. The summed E-state index contributed by atoms with van der Waals surface area (Å²) in [6, 6.07) is 7.18. The van der Waals surface area contributed by atoms with Crippen LogP contribution in [-0.2, 0) is 21.5 Å². The fraction of sp³-hybridized carbons (Fsp3) is 0.741. The summed E-state index contributed by atoms with van der Waals surface area (Å²) in [5.74, 6) is 0.400. The molecule has 0 aliphatic rings. The molecule has 1 aromatic rings. The van der Waals surface area contributed by atoms with E-state index in [0.717, 1.165) is 24.8 Å². The van der Waals surface area contributed by atoms with Crippen molar-refractivity contribution in [3.63, 3.8) is 0 Å². The minimum Gasteiger partial charge on any atom is -0.382 e. The third kappa shape index (κ3) is 13.0. The third-order valence-electron chi connectivity index (χ3n) is 6.27. The lowest BCUT2D eigenvalue weighted by molar-refractivity contribution is -0.134. The molecule has 0 heterocycles. The van der Waals surface area contributed by atoms with E-state index in [0.29, 0.717) is 18.7 Å². The molecule has 1 atom stereocenters. The Kier molecular flexibility index (Phi) is 15.1.